The van der Waals surface area contributed by atoms with Gasteiger partial charge in [0.25, 0.3) is 0 Å². The highest BCUT2D eigenvalue weighted by Gasteiger charge is 2.30. The molecule has 0 radical (unpaired) electrons. The van der Waals surface area contributed by atoms with Gasteiger partial charge in [-0.15, -0.1) is 0 Å². The van der Waals surface area contributed by atoms with Gasteiger partial charge in [-0.1, -0.05) is 268 Å². The number of rotatable bonds is 69. The first-order valence-electron chi connectivity index (χ1n) is 36.5. The lowest BCUT2D eigenvalue weighted by Crippen LogP contribution is -2.30. The van der Waals surface area contributed by atoms with Crippen LogP contribution in [-0.2, 0) is 65.4 Å². The van der Waals surface area contributed by atoms with E-state index in [1.54, 1.807) is 0 Å². The molecule has 5 atom stereocenters. The second kappa shape index (κ2) is 66.4. The van der Waals surface area contributed by atoms with Crippen LogP contribution in [0.1, 0.15) is 323 Å². The number of phosphoric acid groups is 2. The number of aliphatic hydroxyl groups excluding tert-OH is 1. The molecule has 92 heavy (non-hydrogen) atoms. The van der Waals surface area contributed by atoms with Crippen LogP contribution in [0.3, 0.4) is 0 Å². The molecule has 0 aliphatic carbocycles. The number of allylic oxidation sites excluding steroid dienone is 10. The lowest BCUT2D eigenvalue weighted by Gasteiger charge is -2.21. The van der Waals surface area contributed by atoms with E-state index in [1.165, 1.54) is 109 Å². The summed E-state index contributed by atoms with van der Waals surface area (Å²) in [5, 5.41) is 10.6. The van der Waals surface area contributed by atoms with Crippen molar-refractivity contribution in [3.05, 3.63) is 60.8 Å². The van der Waals surface area contributed by atoms with E-state index < -0.39 is 97.5 Å². The first kappa shape index (κ1) is 88.8. The summed E-state index contributed by atoms with van der Waals surface area (Å²) >= 11 is 0. The molecule has 19 heteroatoms. The number of carbonyl (C=O) groups is 4. The molecule has 5 unspecified atom stereocenters. The predicted octanol–water partition coefficient (Wildman–Crippen LogP) is 20.3. The Morgan fingerprint density at radius 2 is 0.565 bits per heavy atom. The maximum atomic E-state index is 13.0. The monoisotopic (exact) mass is 1340 g/mol. The van der Waals surface area contributed by atoms with Crippen molar-refractivity contribution in [2.75, 3.05) is 39.6 Å². The second-order valence-electron chi connectivity index (χ2n) is 24.5. The molecule has 0 aromatic heterocycles. The molecule has 3 N–H and O–H groups in total. The predicted molar refractivity (Wildman–Crippen MR) is 372 cm³/mol. The number of phosphoric ester groups is 2. The van der Waals surface area contributed by atoms with Gasteiger partial charge in [-0.3, -0.25) is 37.3 Å². The van der Waals surface area contributed by atoms with Crippen LogP contribution in [-0.4, -0.2) is 96.7 Å². The number of hydrogen-bond acceptors (Lipinski definition) is 15. The summed E-state index contributed by atoms with van der Waals surface area (Å²) in [4.78, 5) is 72.6. The average Bonchev–Trinajstić information content (AvgIpc) is 2.89. The molecular weight excluding hydrogens is 1210 g/mol. The third-order valence-electron chi connectivity index (χ3n) is 15.5. The molecule has 0 aliphatic heterocycles. The summed E-state index contributed by atoms with van der Waals surface area (Å²) in [6.45, 7) is 4.72. The lowest BCUT2D eigenvalue weighted by atomic mass is 10.1. The van der Waals surface area contributed by atoms with E-state index in [0.717, 1.165) is 135 Å². The number of esters is 4. The highest BCUT2D eigenvalue weighted by Crippen LogP contribution is 2.45. The Morgan fingerprint density at radius 3 is 0.891 bits per heavy atom. The van der Waals surface area contributed by atoms with Gasteiger partial charge in [0.1, 0.15) is 19.3 Å². The van der Waals surface area contributed by atoms with E-state index in [-0.39, 0.29) is 25.7 Å². The topological polar surface area (TPSA) is 237 Å². The van der Waals surface area contributed by atoms with Crippen molar-refractivity contribution in [1.82, 2.24) is 0 Å². The van der Waals surface area contributed by atoms with Crippen molar-refractivity contribution in [3.63, 3.8) is 0 Å². The number of aliphatic hydroxyl groups is 1. The summed E-state index contributed by atoms with van der Waals surface area (Å²) < 4.78 is 68.3. The van der Waals surface area contributed by atoms with E-state index >= 15 is 0 Å². The van der Waals surface area contributed by atoms with Gasteiger partial charge in [-0.25, -0.2) is 9.13 Å². The zero-order chi connectivity index (χ0) is 67.5. The zero-order valence-corrected chi connectivity index (χ0v) is 60.0. The molecule has 0 fully saturated rings. The minimum absolute atomic E-state index is 0.0825. The van der Waals surface area contributed by atoms with Gasteiger partial charge < -0.3 is 33.8 Å². The average molecular weight is 1340 g/mol. The molecule has 0 aliphatic rings. The first-order valence-corrected chi connectivity index (χ1v) is 39.5. The van der Waals surface area contributed by atoms with Gasteiger partial charge >= 0.3 is 39.5 Å². The smallest absolute Gasteiger partial charge is 0.462 e. The van der Waals surface area contributed by atoms with Gasteiger partial charge in [0.05, 0.1) is 26.4 Å². The second-order valence-corrected chi connectivity index (χ2v) is 27.4. The molecule has 0 aromatic carbocycles. The van der Waals surface area contributed by atoms with Crippen LogP contribution in [0.5, 0.6) is 0 Å². The molecular formula is C73H132O17P2. The van der Waals surface area contributed by atoms with Gasteiger partial charge in [0, 0.05) is 25.7 Å². The Bertz CT molecular complexity index is 1990. The van der Waals surface area contributed by atoms with Crippen LogP contribution in [0.25, 0.3) is 0 Å². The van der Waals surface area contributed by atoms with E-state index in [9.17, 15) is 43.2 Å². The fourth-order valence-electron chi connectivity index (χ4n) is 9.91. The van der Waals surface area contributed by atoms with E-state index in [1.807, 2.05) is 0 Å². The van der Waals surface area contributed by atoms with Crippen molar-refractivity contribution in [1.29, 1.82) is 0 Å². The standard InChI is InChI=1S/C73H132O17P2/c1-5-9-13-17-21-25-29-31-32-33-34-36-39-42-46-50-54-58-71(76)84-64-69(90-73(78)60-56-52-48-44-40-35-30-26-22-18-14-10-6-2)66-88-92(81,82)86-62-67(74)61-85-91(79,80)87-65-68(89-72(77)59-55-51-47-43-38-28-24-20-16-12-8-4)63-83-70(75)57-53-49-45-41-37-27-23-19-15-11-7-3/h9,13,21,25-26,30-32,34,36,67-69,74H,5-8,10-12,14-20,22-24,27-29,33,35,37-66H2,1-4H3,(H,79,80)(H,81,82)/b13-9-,25-21-,30-26-,32-31-,36-34-. The van der Waals surface area contributed by atoms with Crippen LogP contribution < -0.4 is 0 Å². The normalized spacial score (nSPS) is 14.4. The number of ether oxygens (including phenoxy) is 4. The van der Waals surface area contributed by atoms with Gasteiger partial charge in [-0.2, -0.15) is 0 Å². The summed E-state index contributed by atoms with van der Waals surface area (Å²) in [7, 11) is -9.93. The van der Waals surface area contributed by atoms with Crippen molar-refractivity contribution in [2.24, 2.45) is 0 Å². The van der Waals surface area contributed by atoms with Crippen LogP contribution in [0.15, 0.2) is 60.8 Å². The quantitative estimate of drug-likeness (QED) is 0.0169. The van der Waals surface area contributed by atoms with Crippen LogP contribution in [0.2, 0.25) is 0 Å². The van der Waals surface area contributed by atoms with Gasteiger partial charge in [0.2, 0.25) is 0 Å². The van der Waals surface area contributed by atoms with Crippen molar-refractivity contribution < 1.29 is 80.2 Å². The van der Waals surface area contributed by atoms with E-state index in [2.05, 4.69) is 88.5 Å². The zero-order valence-electron chi connectivity index (χ0n) is 58.2. The fraction of sp³-hybridized carbons (Fsp3) is 0.808. The minimum Gasteiger partial charge on any atom is -0.462 e. The Labute approximate surface area is 559 Å². The van der Waals surface area contributed by atoms with Crippen LogP contribution in [0, 0.1) is 0 Å². The molecule has 536 valence electrons. The minimum atomic E-state index is -4.97. The van der Waals surface area contributed by atoms with Gasteiger partial charge in [0.15, 0.2) is 12.2 Å². The molecule has 0 amide bonds. The highest BCUT2D eigenvalue weighted by molar-refractivity contribution is 7.47. The van der Waals surface area contributed by atoms with Gasteiger partial charge in [-0.05, 0) is 89.9 Å². The first-order chi connectivity index (χ1) is 44.7. The maximum absolute atomic E-state index is 13.0. The molecule has 0 aromatic rings. The molecule has 17 nitrogen and oxygen atoms in total. The Morgan fingerprint density at radius 1 is 0.315 bits per heavy atom. The number of carbonyl (C=O) groups excluding carboxylic acids is 4. The summed E-state index contributed by atoms with van der Waals surface area (Å²) in [5.74, 6) is -2.18. The summed E-state index contributed by atoms with van der Waals surface area (Å²) in [6, 6.07) is 0. The Kier molecular flexibility index (Phi) is 64.0. The molecule has 0 bridgehead atoms. The summed E-state index contributed by atoms with van der Waals surface area (Å²) in [6.07, 6.45) is 62.3. The van der Waals surface area contributed by atoms with E-state index in [4.69, 9.17) is 37.0 Å². The number of unbranched alkanes of at least 4 members (excludes halogenated alkanes) is 33. The molecule has 0 heterocycles. The Hall–Kier alpha value is -3.24. The highest BCUT2D eigenvalue weighted by atomic mass is 31.2. The third kappa shape index (κ3) is 65.4. The molecule has 0 rings (SSSR count). The largest absolute Gasteiger partial charge is 0.472 e. The molecule has 0 saturated heterocycles. The molecule has 0 spiro atoms. The maximum Gasteiger partial charge on any atom is 0.472 e. The van der Waals surface area contributed by atoms with Crippen molar-refractivity contribution in [2.45, 2.75) is 341 Å². The third-order valence-corrected chi connectivity index (χ3v) is 17.4. The SMILES string of the molecule is CC/C=C\C/C=C\C/C=C\C/C=C\CCCCCCC(=O)OCC(COP(=O)(O)OCC(O)COP(=O)(O)OCC(COC(=O)CCCCCCCCCCCCC)OC(=O)CCCCCCCCCCCCC)OC(=O)CCCCCCC/C=C\CCCCCC. The lowest BCUT2D eigenvalue weighted by molar-refractivity contribution is -0.161. The molecule has 0 saturated carbocycles. The Balaban J connectivity index is 5.31. The summed E-state index contributed by atoms with van der Waals surface area (Å²) in [5.41, 5.74) is 0. The van der Waals surface area contributed by atoms with Crippen molar-refractivity contribution >= 4 is 39.5 Å². The van der Waals surface area contributed by atoms with E-state index in [0.29, 0.717) is 25.7 Å². The fourth-order valence-corrected chi connectivity index (χ4v) is 11.5. The van der Waals surface area contributed by atoms with Crippen LogP contribution in [0.4, 0.5) is 0 Å². The number of hydrogen-bond donors (Lipinski definition) is 3. The van der Waals surface area contributed by atoms with Crippen LogP contribution >= 0.6 is 15.6 Å². The van der Waals surface area contributed by atoms with Crippen molar-refractivity contribution in [3.8, 4) is 0 Å².